The molecule has 2 N–H and O–H groups in total. The number of nitrogens with zero attached hydrogens (tertiary/aromatic N) is 2. The van der Waals surface area contributed by atoms with E-state index in [1.54, 1.807) is 0 Å². The second-order valence-electron chi connectivity index (χ2n) is 5.73. The van der Waals surface area contributed by atoms with Gasteiger partial charge in [-0.25, -0.2) is 0 Å². The quantitative estimate of drug-likeness (QED) is 0.375. The molecule has 0 aromatic carbocycles. The molecular weight excluding hydrogens is 391 g/mol. The molecule has 1 atom stereocenters. The van der Waals surface area contributed by atoms with Gasteiger partial charge < -0.3 is 15.5 Å². The Balaban J connectivity index is 0.00000441. The number of nitrogens with one attached hydrogen (secondary N) is 2. The van der Waals surface area contributed by atoms with Crippen LogP contribution in [-0.4, -0.2) is 49.0 Å². The molecule has 1 aliphatic rings. The van der Waals surface area contributed by atoms with Crippen LogP contribution in [-0.2, 0) is 4.79 Å². The van der Waals surface area contributed by atoms with Crippen molar-refractivity contribution in [3.63, 3.8) is 0 Å². The van der Waals surface area contributed by atoms with Crippen LogP contribution in [0.1, 0.15) is 53.4 Å². The van der Waals surface area contributed by atoms with Crippen molar-refractivity contribution in [1.29, 1.82) is 0 Å². The molecule has 1 amide bonds. The van der Waals surface area contributed by atoms with Gasteiger partial charge in [-0.2, -0.15) is 0 Å². The number of rotatable bonds is 7. The van der Waals surface area contributed by atoms with Crippen molar-refractivity contribution in [2.24, 2.45) is 10.9 Å². The van der Waals surface area contributed by atoms with Crippen LogP contribution < -0.4 is 10.6 Å². The summed E-state index contributed by atoms with van der Waals surface area (Å²) in [7, 11) is 0. The molecule has 6 heteroatoms. The van der Waals surface area contributed by atoms with Crippen LogP contribution in [0.25, 0.3) is 0 Å². The van der Waals surface area contributed by atoms with E-state index < -0.39 is 0 Å². The molecule has 22 heavy (non-hydrogen) atoms. The van der Waals surface area contributed by atoms with E-state index in [2.05, 4.69) is 31.4 Å². The van der Waals surface area contributed by atoms with Crippen molar-refractivity contribution in [3.8, 4) is 0 Å². The van der Waals surface area contributed by atoms with E-state index in [9.17, 15) is 4.79 Å². The fraction of sp³-hybridized carbons (Fsp3) is 0.875. The molecule has 0 saturated carbocycles. The summed E-state index contributed by atoms with van der Waals surface area (Å²) in [4.78, 5) is 18.4. The summed E-state index contributed by atoms with van der Waals surface area (Å²) >= 11 is 0. The number of hydrogen-bond acceptors (Lipinski definition) is 2. The molecule has 1 saturated heterocycles. The number of hydrogen-bond donors (Lipinski definition) is 2. The highest BCUT2D eigenvalue weighted by atomic mass is 127. The molecular formula is C16H33IN4O. The van der Waals surface area contributed by atoms with Gasteiger partial charge in [-0.15, -0.1) is 24.0 Å². The van der Waals surface area contributed by atoms with E-state index in [1.807, 2.05) is 11.8 Å². The van der Waals surface area contributed by atoms with E-state index in [0.29, 0.717) is 18.4 Å². The third-order valence-corrected chi connectivity index (χ3v) is 4.19. The van der Waals surface area contributed by atoms with Crippen molar-refractivity contribution in [1.82, 2.24) is 15.5 Å². The Hall–Kier alpha value is -0.530. The molecule has 5 nitrogen and oxygen atoms in total. The fourth-order valence-corrected chi connectivity index (χ4v) is 2.61. The van der Waals surface area contributed by atoms with Crippen LogP contribution in [0.5, 0.6) is 0 Å². The number of carbonyl (C=O) groups excluding carboxylic acids is 1. The molecule has 0 aromatic rings. The smallest absolute Gasteiger partial charge is 0.222 e. The first-order valence-corrected chi connectivity index (χ1v) is 8.47. The molecule has 1 heterocycles. The Morgan fingerprint density at radius 1 is 1.27 bits per heavy atom. The lowest BCUT2D eigenvalue weighted by molar-refractivity contribution is -0.129. The highest BCUT2D eigenvalue weighted by Crippen LogP contribution is 2.11. The van der Waals surface area contributed by atoms with E-state index in [-0.39, 0.29) is 29.9 Å². The Morgan fingerprint density at radius 3 is 2.50 bits per heavy atom. The number of amides is 1. The third kappa shape index (κ3) is 7.15. The summed E-state index contributed by atoms with van der Waals surface area (Å²) in [6.07, 6.45) is 3.93. The average molecular weight is 424 g/mol. The predicted molar refractivity (Wildman–Crippen MR) is 104 cm³/mol. The molecule has 0 aliphatic carbocycles. The summed E-state index contributed by atoms with van der Waals surface area (Å²) in [6.45, 7) is 11.8. The van der Waals surface area contributed by atoms with Gasteiger partial charge in [0.15, 0.2) is 5.96 Å². The fourth-order valence-electron chi connectivity index (χ4n) is 2.61. The van der Waals surface area contributed by atoms with Crippen molar-refractivity contribution in [2.75, 3.05) is 26.2 Å². The zero-order chi connectivity index (χ0) is 15.7. The highest BCUT2D eigenvalue weighted by molar-refractivity contribution is 14.0. The van der Waals surface area contributed by atoms with Crippen LogP contribution in [0.15, 0.2) is 4.99 Å². The number of carbonyl (C=O) groups is 1. The first kappa shape index (κ1) is 21.5. The van der Waals surface area contributed by atoms with Crippen molar-refractivity contribution in [2.45, 2.75) is 59.4 Å². The van der Waals surface area contributed by atoms with Gasteiger partial charge in [0.2, 0.25) is 5.91 Å². The Bertz CT molecular complexity index is 345. The van der Waals surface area contributed by atoms with Crippen LogP contribution in [0.3, 0.4) is 0 Å². The number of aliphatic imine (C=N–C) groups is 1. The van der Waals surface area contributed by atoms with Gasteiger partial charge in [-0.05, 0) is 19.3 Å². The molecule has 1 fully saturated rings. The van der Waals surface area contributed by atoms with Gasteiger partial charge >= 0.3 is 0 Å². The minimum Gasteiger partial charge on any atom is -0.357 e. The summed E-state index contributed by atoms with van der Waals surface area (Å²) in [6, 6.07) is 0.319. The second kappa shape index (κ2) is 12.0. The Labute approximate surface area is 152 Å². The largest absolute Gasteiger partial charge is 0.357 e. The number of halogens is 1. The van der Waals surface area contributed by atoms with Gasteiger partial charge in [0.1, 0.15) is 0 Å². The van der Waals surface area contributed by atoms with Crippen LogP contribution in [0.4, 0.5) is 0 Å². The van der Waals surface area contributed by atoms with Gasteiger partial charge in [0, 0.05) is 38.6 Å². The number of likely N-dealkylation sites (tertiary alicyclic amines) is 1. The van der Waals surface area contributed by atoms with Crippen LogP contribution in [0, 0.1) is 5.92 Å². The maximum atomic E-state index is 11.7. The minimum absolute atomic E-state index is 0. The van der Waals surface area contributed by atoms with Crippen LogP contribution >= 0.6 is 24.0 Å². The lowest BCUT2D eigenvalue weighted by Gasteiger charge is -2.19. The normalized spacial score (nSPS) is 18.3. The van der Waals surface area contributed by atoms with Crippen LogP contribution in [0.2, 0.25) is 0 Å². The summed E-state index contributed by atoms with van der Waals surface area (Å²) in [5, 5.41) is 6.78. The highest BCUT2D eigenvalue weighted by Gasteiger charge is 2.25. The van der Waals surface area contributed by atoms with E-state index in [1.165, 1.54) is 12.8 Å². The monoisotopic (exact) mass is 424 g/mol. The lowest BCUT2D eigenvalue weighted by Crippen LogP contribution is -2.45. The molecule has 1 rings (SSSR count). The van der Waals surface area contributed by atoms with Gasteiger partial charge in [-0.3, -0.25) is 9.79 Å². The van der Waals surface area contributed by atoms with Gasteiger partial charge in [0.05, 0.1) is 0 Å². The number of guanidine groups is 1. The third-order valence-electron chi connectivity index (χ3n) is 4.19. The summed E-state index contributed by atoms with van der Waals surface area (Å²) in [5.74, 6) is 1.79. The van der Waals surface area contributed by atoms with Gasteiger partial charge in [-0.1, -0.05) is 33.6 Å². The summed E-state index contributed by atoms with van der Waals surface area (Å²) < 4.78 is 0. The standard InChI is InChI=1S/C16H32N4O.HI/c1-5-13(6-2)11-18-16(17-8-4)19-14-9-10-20(12-14)15(21)7-3;/h13-14H,5-12H2,1-4H3,(H2,17,18,19);1H. The maximum Gasteiger partial charge on any atom is 0.222 e. The van der Waals surface area contributed by atoms with E-state index >= 15 is 0 Å². The molecule has 1 unspecified atom stereocenters. The van der Waals surface area contributed by atoms with Crippen molar-refractivity contribution in [3.05, 3.63) is 0 Å². The minimum atomic E-state index is 0. The SMILES string of the molecule is CCNC(=NCC(CC)CC)NC1CCN(C(=O)CC)C1.I. The first-order chi connectivity index (χ1) is 10.1. The van der Waals surface area contributed by atoms with E-state index in [0.717, 1.165) is 38.6 Å². The molecule has 130 valence electrons. The average Bonchev–Trinajstić information content (AvgIpc) is 2.96. The molecule has 0 aromatic heterocycles. The lowest BCUT2D eigenvalue weighted by atomic mass is 10.0. The molecule has 1 aliphatic heterocycles. The Morgan fingerprint density at radius 2 is 1.95 bits per heavy atom. The zero-order valence-corrected chi connectivity index (χ0v) is 16.9. The first-order valence-electron chi connectivity index (χ1n) is 8.47. The van der Waals surface area contributed by atoms with Crippen molar-refractivity contribution >= 4 is 35.8 Å². The zero-order valence-electron chi connectivity index (χ0n) is 14.5. The molecule has 0 bridgehead atoms. The summed E-state index contributed by atoms with van der Waals surface area (Å²) in [5.41, 5.74) is 0. The molecule has 0 radical (unpaired) electrons. The predicted octanol–water partition coefficient (Wildman–Crippen LogP) is 2.61. The van der Waals surface area contributed by atoms with E-state index in [4.69, 9.17) is 4.99 Å². The Kier molecular flexibility index (Phi) is 11.7. The molecule has 0 spiro atoms. The maximum absolute atomic E-state index is 11.7. The van der Waals surface area contributed by atoms with Crippen molar-refractivity contribution < 1.29 is 4.79 Å². The topological polar surface area (TPSA) is 56.7 Å². The second-order valence-corrected chi connectivity index (χ2v) is 5.73. The van der Waals surface area contributed by atoms with Gasteiger partial charge in [0.25, 0.3) is 0 Å².